The van der Waals surface area contributed by atoms with Gasteiger partial charge in [0.25, 0.3) is 0 Å². The Morgan fingerprint density at radius 3 is 1.95 bits per heavy atom. The van der Waals surface area contributed by atoms with Gasteiger partial charge < -0.3 is 10.2 Å². The first-order chi connectivity index (χ1) is 10.2. The number of rotatable bonds is 1. The van der Waals surface area contributed by atoms with E-state index in [2.05, 4.69) is 32.9 Å². The maximum absolute atomic E-state index is 10.6. The van der Waals surface area contributed by atoms with E-state index in [1.807, 2.05) is 6.08 Å². The predicted octanol–water partition coefficient (Wildman–Crippen LogP) is 4.93. The van der Waals surface area contributed by atoms with Crippen molar-refractivity contribution in [2.45, 2.75) is 84.8 Å². The Kier molecular flexibility index (Phi) is 7.58. The van der Waals surface area contributed by atoms with Gasteiger partial charge in [0.1, 0.15) is 0 Å². The molecular weight excluding hydrogens is 272 g/mol. The van der Waals surface area contributed by atoms with Gasteiger partial charge in [0, 0.05) is 5.92 Å². The number of aliphatic hydroxyl groups is 2. The lowest BCUT2D eigenvalue weighted by Crippen LogP contribution is -2.38. The minimum atomic E-state index is -0.871. The van der Waals surface area contributed by atoms with Crippen LogP contribution in [-0.4, -0.2) is 21.9 Å². The summed E-state index contributed by atoms with van der Waals surface area (Å²) in [6.45, 7) is 10.0. The van der Waals surface area contributed by atoms with E-state index in [0.29, 0.717) is 0 Å². The fourth-order valence-electron chi connectivity index (χ4n) is 3.11. The third-order valence-corrected chi connectivity index (χ3v) is 4.69. The fraction of sp³-hybridized carbons (Fsp3) is 0.700. The molecule has 0 aromatic heterocycles. The zero-order valence-electron chi connectivity index (χ0n) is 15.0. The maximum atomic E-state index is 10.6. The van der Waals surface area contributed by atoms with Gasteiger partial charge in [-0.1, -0.05) is 34.9 Å². The monoisotopic (exact) mass is 306 g/mol. The van der Waals surface area contributed by atoms with Crippen LogP contribution in [0.5, 0.6) is 0 Å². The van der Waals surface area contributed by atoms with Crippen molar-refractivity contribution in [3.63, 3.8) is 0 Å². The highest BCUT2D eigenvalue weighted by atomic mass is 16.3. The smallest absolute Gasteiger partial charge is 0.0778 e. The average molecular weight is 306 g/mol. The van der Waals surface area contributed by atoms with Gasteiger partial charge in [-0.2, -0.15) is 0 Å². The highest BCUT2D eigenvalue weighted by Crippen LogP contribution is 2.29. The quantitative estimate of drug-likeness (QED) is 0.674. The topological polar surface area (TPSA) is 40.5 Å². The van der Waals surface area contributed by atoms with Crippen molar-refractivity contribution in [3.05, 3.63) is 34.9 Å². The van der Waals surface area contributed by atoms with Gasteiger partial charge in [-0.3, -0.25) is 0 Å². The van der Waals surface area contributed by atoms with E-state index in [9.17, 15) is 10.2 Å². The van der Waals surface area contributed by atoms with Crippen LogP contribution in [0.2, 0.25) is 0 Å². The lowest BCUT2D eigenvalue weighted by atomic mass is 9.81. The second kappa shape index (κ2) is 8.69. The molecule has 2 heteroatoms. The van der Waals surface area contributed by atoms with E-state index in [0.717, 1.165) is 38.5 Å². The summed E-state index contributed by atoms with van der Waals surface area (Å²) in [4.78, 5) is 0. The molecule has 0 bridgehead atoms. The summed E-state index contributed by atoms with van der Waals surface area (Å²) in [5, 5.41) is 21.0. The van der Waals surface area contributed by atoms with Gasteiger partial charge in [0.2, 0.25) is 0 Å². The SMILES string of the molecule is CC1=CCC/C(C)=C\CC/C(C)=C\[C@H](O)C(C(C)(C)O)CC1. The molecule has 0 aromatic carbocycles. The van der Waals surface area contributed by atoms with E-state index >= 15 is 0 Å². The van der Waals surface area contributed by atoms with Crippen LogP contribution in [0.1, 0.15) is 73.1 Å². The first kappa shape index (κ1) is 19.2. The molecule has 0 amide bonds. The van der Waals surface area contributed by atoms with E-state index < -0.39 is 11.7 Å². The summed E-state index contributed by atoms with van der Waals surface area (Å²) in [7, 11) is 0. The van der Waals surface area contributed by atoms with Crippen LogP contribution >= 0.6 is 0 Å². The molecule has 2 nitrogen and oxygen atoms in total. The molecule has 0 aromatic rings. The van der Waals surface area contributed by atoms with Crippen molar-refractivity contribution >= 4 is 0 Å². The van der Waals surface area contributed by atoms with Gasteiger partial charge in [0.05, 0.1) is 11.7 Å². The summed E-state index contributed by atoms with van der Waals surface area (Å²) >= 11 is 0. The molecule has 2 N–H and O–H groups in total. The van der Waals surface area contributed by atoms with Gasteiger partial charge >= 0.3 is 0 Å². The molecule has 1 unspecified atom stereocenters. The third kappa shape index (κ3) is 6.93. The first-order valence-corrected chi connectivity index (χ1v) is 8.59. The van der Waals surface area contributed by atoms with Crippen LogP contribution in [0.15, 0.2) is 34.9 Å². The molecule has 0 saturated heterocycles. The minimum absolute atomic E-state index is 0.133. The van der Waals surface area contributed by atoms with E-state index in [-0.39, 0.29) is 5.92 Å². The molecule has 0 radical (unpaired) electrons. The van der Waals surface area contributed by atoms with Crippen molar-refractivity contribution < 1.29 is 10.2 Å². The van der Waals surface area contributed by atoms with Crippen molar-refractivity contribution in [1.82, 2.24) is 0 Å². The fourth-order valence-corrected chi connectivity index (χ4v) is 3.11. The Morgan fingerprint density at radius 1 is 0.909 bits per heavy atom. The molecule has 0 fully saturated rings. The van der Waals surface area contributed by atoms with Gasteiger partial charge in [-0.15, -0.1) is 0 Å². The second-order valence-corrected chi connectivity index (χ2v) is 7.48. The summed E-state index contributed by atoms with van der Waals surface area (Å²) < 4.78 is 0. The highest BCUT2D eigenvalue weighted by Gasteiger charge is 2.31. The average Bonchev–Trinajstić information content (AvgIpc) is 2.36. The Hall–Kier alpha value is -0.860. The molecular formula is C20H34O2. The summed E-state index contributed by atoms with van der Waals surface area (Å²) in [5.74, 6) is -0.133. The lowest BCUT2D eigenvalue weighted by Gasteiger charge is -2.32. The van der Waals surface area contributed by atoms with Crippen LogP contribution in [0.3, 0.4) is 0 Å². The minimum Gasteiger partial charge on any atom is -0.390 e. The van der Waals surface area contributed by atoms with Crippen molar-refractivity contribution in [3.8, 4) is 0 Å². The number of allylic oxidation sites excluding steroid dienone is 5. The lowest BCUT2D eigenvalue weighted by molar-refractivity contribution is -0.0345. The molecule has 126 valence electrons. The highest BCUT2D eigenvalue weighted by molar-refractivity contribution is 5.10. The normalized spacial score (nSPS) is 31.3. The molecule has 1 rings (SSSR count). The largest absolute Gasteiger partial charge is 0.390 e. The molecule has 2 atom stereocenters. The molecule has 0 aliphatic heterocycles. The third-order valence-electron chi connectivity index (χ3n) is 4.69. The molecule has 1 aliphatic rings. The van der Waals surface area contributed by atoms with Gasteiger partial charge in [-0.05, 0) is 73.1 Å². The molecule has 0 saturated carbocycles. The summed E-state index contributed by atoms with van der Waals surface area (Å²) in [6, 6.07) is 0. The Bertz CT molecular complexity index is 435. The first-order valence-electron chi connectivity index (χ1n) is 8.59. The zero-order chi connectivity index (χ0) is 16.8. The Balaban J connectivity index is 2.96. The van der Waals surface area contributed by atoms with Crippen LogP contribution in [0, 0.1) is 5.92 Å². The summed E-state index contributed by atoms with van der Waals surface area (Å²) in [5.41, 5.74) is 3.13. The van der Waals surface area contributed by atoms with Gasteiger partial charge in [0.15, 0.2) is 0 Å². The van der Waals surface area contributed by atoms with E-state index in [4.69, 9.17) is 0 Å². The van der Waals surface area contributed by atoms with Crippen molar-refractivity contribution in [1.29, 1.82) is 0 Å². The van der Waals surface area contributed by atoms with Crippen LogP contribution in [-0.2, 0) is 0 Å². The molecule has 1 aliphatic carbocycles. The zero-order valence-corrected chi connectivity index (χ0v) is 15.0. The van der Waals surface area contributed by atoms with Crippen LogP contribution < -0.4 is 0 Å². The molecule has 22 heavy (non-hydrogen) atoms. The number of hydrogen-bond acceptors (Lipinski definition) is 2. The van der Waals surface area contributed by atoms with Crippen LogP contribution in [0.4, 0.5) is 0 Å². The maximum Gasteiger partial charge on any atom is 0.0778 e. The van der Waals surface area contributed by atoms with Crippen LogP contribution in [0.25, 0.3) is 0 Å². The Labute approximate surface area is 136 Å². The second-order valence-electron chi connectivity index (χ2n) is 7.48. The summed E-state index contributed by atoms with van der Waals surface area (Å²) in [6.07, 6.45) is 11.9. The van der Waals surface area contributed by atoms with Crippen molar-refractivity contribution in [2.75, 3.05) is 0 Å². The standard InChI is InChI=1S/C20H34O2/c1-15-8-6-10-16(2)12-13-18(20(4,5)22)19(21)14-17(3)11-7-9-15/h9-10,14,18-19,21-22H,6-8,11-13H2,1-5H3/b15-9-,16-10?,17-14-/t18?,19-/m0/s1. The van der Waals surface area contributed by atoms with Gasteiger partial charge in [-0.25, -0.2) is 0 Å². The van der Waals surface area contributed by atoms with E-state index in [1.165, 1.54) is 16.7 Å². The molecule has 0 spiro atoms. The predicted molar refractivity (Wildman–Crippen MR) is 94.8 cm³/mol. The van der Waals surface area contributed by atoms with E-state index in [1.54, 1.807) is 13.8 Å². The Morgan fingerprint density at radius 2 is 1.41 bits per heavy atom. The number of aliphatic hydroxyl groups excluding tert-OH is 1. The number of hydrogen-bond donors (Lipinski definition) is 2. The van der Waals surface area contributed by atoms with Crippen molar-refractivity contribution in [2.24, 2.45) is 5.92 Å². The molecule has 0 heterocycles.